The van der Waals surface area contributed by atoms with Crippen LogP contribution in [0.1, 0.15) is 17.5 Å². The molecule has 1 aromatic carbocycles. The van der Waals surface area contributed by atoms with Gasteiger partial charge in [0.25, 0.3) is 0 Å². The van der Waals surface area contributed by atoms with E-state index in [9.17, 15) is 9.18 Å². The average molecular weight is 348 g/mol. The fourth-order valence-corrected chi connectivity index (χ4v) is 3.82. The monoisotopic (exact) mass is 347 g/mol. The minimum Gasteiger partial charge on any atom is -0.387 e. The summed E-state index contributed by atoms with van der Waals surface area (Å²) in [5.41, 5.74) is 5.13. The van der Waals surface area contributed by atoms with Gasteiger partial charge in [-0.1, -0.05) is 17.2 Å². The van der Waals surface area contributed by atoms with Crippen LogP contribution in [0.3, 0.4) is 0 Å². The van der Waals surface area contributed by atoms with Gasteiger partial charge in [0.15, 0.2) is 0 Å². The zero-order chi connectivity index (χ0) is 16.8. The van der Waals surface area contributed by atoms with Crippen molar-refractivity contribution in [1.82, 2.24) is 15.1 Å². The molecule has 7 heteroatoms. The third-order valence-electron chi connectivity index (χ3n) is 4.77. The average Bonchev–Trinajstić information content (AvgIpc) is 3.24. The van der Waals surface area contributed by atoms with Crippen molar-refractivity contribution in [2.75, 3.05) is 19.7 Å². The number of benzene rings is 1. The van der Waals surface area contributed by atoms with Crippen LogP contribution >= 0.6 is 11.6 Å². The first kappa shape index (κ1) is 15.4. The van der Waals surface area contributed by atoms with Crippen LogP contribution in [0.25, 0.3) is 16.7 Å². The lowest BCUT2D eigenvalue weighted by molar-refractivity contribution is -0.133. The number of aromatic amines is 1. The fraction of sp³-hybridized carbons (Fsp3) is 0.294. The van der Waals surface area contributed by atoms with E-state index >= 15 is 0 Å². The van der Waals surface area contributed by atoms with Gasteiger partial charge in [-0.2, -0.15) is 5.10 Å². The summed E-state index contributed by atoms with van der Waals surface area (Å²) < 4.78 is 14.6. The van der Waals surface area contributed by atoms with Crippen molar-refractivity contribution >= 4 is 23.1 Å². The molecule has 124 valence electrons. The Hall–Kier alpha value is -2.18. The van der Waals surface area contributed by atoms with Gasteiger partial charge in [-0.05, 0) is 35.6 Å². The molecule has 1 aromatic heterocycles. The number of aliphatic hydroxyl groups is 1. The Morgan fingerprint density at radius 1 is 1.50 bits per heavy atom. The molecule has 0 radical (unpaired) electrons. The molecule has 0 unspecified atom stereocenters. The summed E-state index contributed by atoms with van der Waals surface area (Å²) in [6.07, 6.45) is 4.60. The van der Waals surface area contributed by atoms with E-state index in [1.807, 2.05) is 0 Å². The first-order valence-corrected chi connectivity index (χ1v) is 8.08. The highest BCUT2D eigenvalue weighted by Gasteiger charge is 2.33. The number of halogens is 2. The number of nitrogens with zero attached hydrogens (tertiary/aromatic N) is 2. The Morgan fingerprint density at radius 2 is 2.33 bits per heavy atom. The van der Waals surface area contributed by atoms with Crippen LogP contribution in [0.15, 0.2) is 24.0 Å². The van der Waals surface area contributed by atoms with Gasteiger partial charge in [-0.3, -0.25) is 9.89 Å². The van der Waals surface area contributed by atoms with E-state index < -0.39 is 12.4 Å². The van der Waals surface area contributed by atoms with Crippen molar-refractivity contribution in [1.29, 1.82) is 0 Å². The molecule has 1 aliphatic carbocycles. The molecule has 2 aromatic rings. The lowest BCUT2D eigenvalue weighted by atomic mass is 9.93. The van der Waals surface area contributed by atoms with Crippen molar-refractivity contribution in [2.24, 2.45) is 0 Å². The second kappa shape index (κ2) is 5.72. The molecule has 2 heterocycles. The molecule has 2 aliphatic rings. The Bertz CT molecular complexity index is 861. The van der Waals surface area contributed by atoms with Crippen molar-refractivity contribution in [3.8, 4) is 11.1 Å². The maximum Gasteiger partial charge on any atom is 0.248 e. The molecule has 0 atom stereocenters. The highest BCUT2D eigenvalue weighted by molar-refractivity contribution is 6.31. The molecule has 0 saturated carbocycles. The molecule has 0 bridgehead atoms. The molecule has 1 amide bonds. The van der Waals surface area contributed by atoms with Crippen LogP contribution in [-0.4, -0.2) is 45.8 Å². The van der Waals surface area contributed by atoms with Crippen molar-refractivity contribution < 1.29 is 14.3 Å². The van der Waals surface area contributed by atoms with Gasteiger partial charge in [0.05, 0.1) is 11.2 Å². The van der Waals surface area contributed by atoms with Gasteiger partial charge in [0.1, 0.15) is 12.4 Å². The number of H-pyrrole nitrogens is 1. The number of aliphatic hydroxyl groups excluding tert-OH is 1. The lowest BCUT2D eigenvalue weighted by Crippen LogP contribution is -2.37. The number of fused-ring (bicyclic) bond motifs is 2. The molecule has 2 N–H and O–H groups in total. The maximum atomic E-state index is 14.6. The molecule has 1 aliphatic heterocycles. The van der Waals surface area contributed by atoms with Gasteiger partial charge >= 0.3 is 0 Å². The van der Waals surface area contributed by atoms with Crippen LogP contribution in [0.2, 0.25) is 5.02 Å². The zero-order valence-corrected chi connectivity index (χ0v) is 13.5. The number of hydrogen-bond donors (Lipinski definition) is 2. The van der Waals surface area contributed by atoms with Crippen LogP contribution < -0.4 is 0 Å². The van der Waals surface area contributed by atoms with Crippen molar-refractivity contribution in [3.05, 3.63) is 46.0 Å². The zero-order valence-electron chi connectivity index (χ0n) is 12.8. The highest BCUT2D eigenvalue weighted by atomic mass is 35.5. The van der Waals surface area contributed by atoms with Crippen molar-refractivity contribution in [3.63, 3.8) is 0 Å². The first-order valence-electron chi connectivity index (χ1n) is 7.70. The SMILES string of the molecule is O=C(CO)N1CCC2=C(C1)c1c(-c3cn[nH]c3)cc(Cl)c(F)c1C2. The van der Waals surface area contributed by atoms with Gasteiger partial charge in [-0.25, -0.2) is 4.39 Å². The van der Waals surface area contributed by atoms with E-state index in [1.165, 1.54) is 0 Å². The highest BCUT2D eigenvalue weighted by Crippen LogP contribution is 2.45. The number of hydrogen-bond acceptors (Lipinski definition) is 3. The smallest absolute Gasteiger partial charge is 0.248 e. The summed E-state index contributed by atoms with van der Waals surface area (Å²) in [6.45, 7) is 0.412. The normalized spacial score (nSPS) is 16.4. The molecule has 5 nitrogen and oxygen atoms in total. The molecule has 4 rings (SSSR count). The summed E-state index contributed by atoms with van der Waals surface area (Å²) in [7, 11) is 0. The van der Waals surface area contributed by atoms with E-state index in [0.717, 1.165) is 27.8 Å². The second-order valence-electron chi connectivity index (χ2n) is 6.04. The molecule has 0 fully saturated rings. The van der Waals surface area contributed by atoms with E-state index in [1.54, 1.807) is 23.4 Å². The third-order valence-corrected chi connectivity index (χ3v) is 5.04. The minimum absolute atomic E-state index is 0.0908. The van der Waals surface area contributed by atoms with Crippen LogP contribution in [-0.2, 0) is 11.2 Å². The Kier molecular flexibility index (Phi) is 3.66. The predicted octanol–water partition coefficient (Wildman–Crippen LogP) is 2.40. The standard InChI is InChI=1S/C17H15ClFN3O2/c18-14-4-11(10-5-20-21-6-10)16-12(17(14)19)3-9-1-2-22(7-13(9)16)15(24)8-23/h4-6,23H,1-3,7-8H2,(H,20,21). The largest absolute Gasteiger partial charge is 0.387 e. The number of carbonyl (C=O) groups excluding carboxylic acids is 1. The first-order chi connectivity index (χ1) is 11.6. The number of rotatable bonds is 2. The van der Waals surface area contributed by atoms with Crippen LogP contribution in [0.4, 0.5) is 4.39 Å². The quantitative estimate of drug-likeness (QED) is 0.876. The minimum atomic E-state index is -0.515. The van der Waals surface area contributed by atoms with Gasteiger partial charge < -0.3 is 10.0 Å². The summed E-state index contributed by atoms with van der Waals surface area (Å²) in [5.74, 6) is -0.706. The second-order valence-corrected chi connectivity index (χ2v) is 6.45. The molecule has 24 heavy (non-hydrogen) atoms. The third kappa shape index (κ3) is 2.25. The summed E-state index contributed by atoms with van der Waals surface area (Å²) >= 11 is 6.09. The summed E-state index contributed by atoms with van der Waals surface area (Å²) in [5, 5.41) is 15.9. The number of carbonyl (C=O) groups is 1. The fourth-order valence-electron chi connectivity index (χ4n) is 3.59. The number of nitrogens with one attached hydrogen (secondary N) is 1. The van der Waals surface area contributed by atoms with E-state index in [-0.39, 0.29) is 10.9 Å². The van der Waals surface area contributed by atoms with E-state index in [2.05, 4.69) is 10.2 Å². The molecular weight excluding hydrogens is 333 g/mol. The summed E-state index contributed by atoms with van der Waals surface area (Å²) in [4.78, 5) is 13.5. The van der Waals surface area contributed by atoms with Crippen molar-refractivity contribution in [2.45, 2.75) is 12.8 Å². The lowest BCUT2D eigenvalue weighted by Gasteiger charge is -2.28. The number of aromatic nitrogens is 2. The molecular formula is C17H15ClFN3O2. The number of amides is 1. The van der Waals surface area contributed by atoms with Gasteiger partial charge in [0, 0.05) is 30.4 Å². The Labute approximate surface area is 142 Å². The topological polar surface area (TPSA) is 69.2 Å². The molecule has 0 spiro atoms. The van der Waals surface area contributed by atoms with E-state index in [4.69, 9.17) is 16.7 Å². The predicted molar refractivity (Wildman–Crippen MR) is 87.9 cm³/mol. The molecule has 0 saturated heterocycles. The maximum absolute atomic E-state index is 14.6. The van der Waals surface area contributed by atoms with Crippen LogP contribution in [0, 0.1) is 5.82 Å². The van der Waals surface area contributed by atoms with Crippen LogP contribution in [0.5, 0.6) is 0 Å². The summed E-state index contributed by atoms with van der Waals surface area (Å²) in [6, 6.07) is 1.61. The van der Waals surface area contributed by atoms with E-state index in [0.29, 0.717) is 31.5 Å². The Balaban J connectivity index is 1.86. The van der Waals surface area contributed by atoms with Gasteiger partial charge in [0.2, 0.25) is 5.91 Å². The Morgan fingerprint density at radius 3 is 3.04 bits per heavy atom. The van der Waals surface area contributed by atoms with Gasteiger partial charge in [-0.15, -0.1) is 0 Å².